The first-order chi connectivity index (χ1) is 16.1. The topological polar surface area (TPSA) is 81.8 Å². The van der Waals surface area contributed by atoms with E-state index in [4.69, 9.17) is 19.0 Å². The lowest BCUT2D eigenvalue weighted by atomic mass is 9.99. The highest BCUT2D eigenvalue weighted by molar-refractivity contribution is 6.04. The molecule has 2 heterocycles. The van der Waals surface area contributed by atoms with Gasteiger partial charge in [0, 0.05) is 29.8 Å². The van der Waals surface area contributed by atoms with Gasteiger partial charge in [-0.2, -0.15) is 0 Å². The average molecular weight is 446 g/mol. The van der Waals surface area contributed by atoms with E-state index in [1.807, 2.05) is 67.6 Å². The van der Waals surface area contributed by atoms with E-state index < -0.39 is 5.97 Å². The molecule has 0 bridgehead atoms. The minimum absolute atomic E-state index is 0.115. The smallest absolute Gasteiger partial charge is 0.303 e. The first kappa shape index (κ1) is 22.4. The monoisotopic (exact) mass is 445 g/mol. The van der Waals surface area contributed by atoms with E-state index in [9.17, 15) is 4.79 Å². The summed E-state index contributed by atoms with van der Waals surface area (Å²) in [7, 11) is 1.64. The highest BCUT2D eigenvalue weighted by Crippen LogP contribution is 2.44. The Kier molecular flexibility index (Phi) is 6.93. The summed E-state index contributed by atoms with van der Waals surface area (Å²) >= 11 is 0. The molecule has 1 N–H and O–H groups in total. The second-order valence-corrected chi connectivity index (χ2v) is 7.96. The van der Waals surface area contributed by atoms with Crippen LogP contribution in [0.4, 0.5) is 0 Å². The quantitative estimate of drug-likeness (QED) is 0.278. The number of methoxy groups -OCH3 is 1. The highest BCUT2D eigenvalue weighted by atomic mass is 16.5. The third-order valence-electron chi connectivity index (χ3n) is 5.55. The Morgan fingerprint density at radius 1 is 1.03 bits per heavy atom. The van der Waals surface area contributed by atoms with Crippen molar-refractivity contribution >= 4 is 16.9 Å². The van der Waals surface area contributed by atoms with Gasteiger partial charge in [0.1, 0.15) is 17.1 Å². The zero-order valence-corrected chi connectivity index (χ0v) is 18.8. The lowest BCUT2D eigenvalue weighted by Crippen LogP contribution is -2.13. The molecule has 0 amide bonds. The standard InChI is InChI=1S/C27H27NO5/c1-18(8-6-7-11-23(29)30)32-27-25-22(16-17-28-27)33-26(20-9-4-3-5-10-20)24(25)19-12-14-21(31-2)15-13-19/h3-5,9-10,12-18H,6-8,11H2,1-2H3,(H,29,30)/t18-/m0/s1. The van der Waals surface area contributed by atoms with Gasteiger partial charge in [-0.1, -0.05) is 42.5 Å². The largest absolute Gasteiger partial charge is 0.497 e. The van der Waals surface area contributed by atoms with Crippen LogP contribution in [-0.4, -0.2) is 29.3 Å². The molecule has 6 heteroatoms. The van der Waals surface area contributed by atoms with Gasteiger partial charge in [-0.15, -0.1) is 0 Å². The van der Waals surface area contributed by atoms with Crippen LogP contribution in [0.2, 0.25) is 0 Å². The van der Waals surface area contributed by atoms with E-state index in [0.29, 0.717) is 17.9 Å². The number of aromatic nitrogens is 1. The number of aliphatic carboxylic acids is 1. The Bertz CT molecular complexity index is 1210. The van der Waals surface area contributed by atoms with Crippen LogP contribution in [0.1, 0.15) is 32.6 Å². The SMILES string of the molecule is COc1ccc(-c2c(-c3ccccc3)oc3ccnc(O[C@@H](C)CCCCC(=O)O)c23)cc1. The van der Waals surface area contributed by atoms with Crippen molar-refractivity contribution in [2.24, 2.45) is 0 Å². The average Bonchev–Trinajstić information content (AvgIpc) is 3.23. The minimum atomic E-state index is -0.772. The molecule has 0 fully saturated rings. The molecule has 0 spiro atoms. The Morgan fingerprint density at radius 2 is 1.79 bits per heavy atom. The second-order valence-electron chi connectivity index (χ2n) is 7.96. The van der Waals surface area contributed by atoms with Crippen LogP contribution < -0.4 is 9.47 Å². The molecular formula is C27H27NO5. The van der Waals surface area contributed by atoms with E-state index in [-0.39, 0.29) is 12.5 Å². The number of benzene rings is 2. The number of ether oxygens (including phenoxy) is 2. The summed E-state index contributed by atoms with van der Waals surface area (Å²) in [5.41, 5.74) is 3.55. The lowest BCUT2D eigenvalue weighted by Gasteiger charge is -2.15. The number of nitrogens with zero attached hydrogens (tertiary/aromatic N) is 1. The van der Waals surface area contributed by atoms with Crippen LogP contribution in [0.15, 0.2) is 71.3 Å². The van der Waals surface area contributed by atoms with Gasteiger partial charge < -0.3 is 19.0 Å². The molecule has 0 aliphatic carbocycles. The molecule has 4 aromatic rings. The van der Waals surface area contributed by atoms with Crippen molar-refractivity contribution in [2.45, 2.75) is 38.7 Å². The molecule has 1 atom stereocenters. The molecule has 0 aliphatic heterocycles. The molecule has 170 valence electrons. The summed E-state index contributed by atoms with van der Waals surface area (Å²) in [5, 5.41) is 9.66. The van der Waals surface area contributed by atoms with E-state index in [1.165, 1.54) is 0 Å². The maximum absolute atomic E-state index is 10.8. The molecule has 4 rings (SSSR count). The van der Waals surface area contributed by atoms with Gasteiger partial charge in [-0.25, -0.2) is 4.98 Å². The molecule has 33 heavy (non-hydrogen) atoms. The first-order valence-electron chi connectivity index (χ1n) is 11.1. The Hall–Kier alpha value is -3.80. The van der Waals surface area contributed by atoms with Crippen molar-refractivity contribution in [3.8, 4) is 34.1 Å². The number of carboxylic acid groups (broad SMARTS) is 1. The maximum Gasteiger partial charge on any atom is 0.303 e. The Labute approximate surface area is 192 Å². The molecule has 2 aromatic carbocycles. The molecule has 0 saturated carbocycles. The van der Waals surface area contributed by atoms with Gasteiger partial charge in [0.15, 0.2) is 0 Å². The molecule has 0 unspecified atom stereocenters. The van der Waals surface area contributed by atoms with Gasteiger partial charge in [0.25, 0.3) is 0 Å². The van der Waals surface area contributed by atoms with E-state index in [1.54, 1.807) is 13.3 Å². The van der Waals surface area contributed by atoms with Crippen LogP contribution in [0, 0.1) is 0 Å². The lowest BCUT2D eigenvalue weighted by molar-refractivity contribution is -0.137. The molecule has 2 aromatic heterocycles. The van der Waals surface area contributed by atoms with Gasteiger partial charge >= 0.3 is 5.97 Å². The second kappa shape index (κ2) is 10.2. The molecule has 6 nitrogen and oxygen atoms in total. The fraction of sp³-hybridized carbons (Fsp3) is 0.259. The number of fused-ring (bicyclic) bond motifs is 1. The van der Waals surface area contributed by atoms with Crippen molar-refractivity contribution in [3.63, 3.8) is 0 Å². The summed E-state index contributed by atoms with van der Waals surface area (Å²) < 4.78 is 17.9. The predicted molar refractivity (Wildman–Crippen MR) is 128 cm³/mol. The van der Waals surface area contributed by atoms with E-state index >= 15 is 0 Å². The molecule has 0 aliphatic rings. The first-order valence-corrected chi connectivity index (χ1v) is 11.1. The van der Waals surface area contributed by atoms with Crippen LogP contribution >= 0.6 is 0 Å². The van der Waals surface area contributed by atoms with Crippen LogP contribution in [0.5, 0.6) is 11.6 Å². The molecule has 0 radical (unpaired) electrons. The number of carbonyl (C=O) groups is 1. The Balaban J connectivity index is 1.74. The van der Waals surface area contributed by atoms with Crippen molar-refractivity contribution in [1.29, 1.82) is 0 Å². The zero-order chi connectivity index (χ0) is 23.2. The molecule has 0 saturated heterocycles. The van der Waals surface area contributed by atoms with Crippen molar-refractivity contribution in [2.75, 3.05) is 7.11 Å². The highest BCUT2D eigenvalue weighted by Gasteiger charge is 2.22. The number of hydrogen-bond acceptors (Lipinski definition) is 5. The summed E-state index contributed by atoms with van der Waals surface area (Å²) in [5.74, 6) is 1.26. The molecular weight excluding hydrogens is 418 g/mol. The number of unbranched alkanes of at least 4 members (excludes halogenated alkanes) is 1. The number of carboxylic acids is 1. The van der Waals surface area contributed by atoms with Gasteiger partial charge in [0.05, 0.1) is 18.6 Å². The van der Waals surface area contributed by atoms with E-state index in [2.05, 4.69) is 4.98 Å². The normalized spacial score (nSPS) is 11.9. The number of hydrogen-bond donors (Lipinski definition) is 1. The summed E-state index contributed by atoms with van der Waals surface area (Å²) in [6, 6.07) is 19.7. The zero-order valence-electron chi connectivity index (χ0n) is 18.8. The summed E-state index contributed by atoms with van der Waals surface area (Å²) in [6.07, 6.45) is 3.88. The van der Waals surface area contributed by atoms with Crippen LogP contribution in [-0.2, 0) is 4.79 Å². The van der Waals surface area contributed by atoms with Crippen molar-refractivity contribution in [3.05, 3.63) is 66.9 Å². The number of furan rings is 1. The third kappa shape index (κ3) is 5.17. The van der Waals surface area contributed by atoms with Crippen LogP contribution in [0.3, 0.4) is 0 Å². The fourth-order valence-electron chi connectivity index (χ4n) is 3.89. The van der Waals surface area contributed by atoms with Crippen LogP contribution in [0.25, 0.3) is 33.4 Å². The van der Waals surface area contributed by atoms with Gasteiger partial charge in [-0.3, -0.25) is 4.79 Å². The van der Waals surface area contributed by atoms with Crippen molar-refractivity contribution in [1.82, 2.24) is 4.98 Å². The number of pyridine rings is 1. The Morgan fingerprint density at radius 3 is 2.48 bits per heavy atom. The summed E-state index contributed by atoms with van der Waals surface area (Å²) in [6.45, 7) is 1.98. The van der Waals surface area contributed by atoms with Gasteiger partial charge in [-0.05, 0) is 43.9 Å². The summed E-state index contributed by atoms with van der Waals surface area (Å²) in [4.78, 5) is 15.3. The minimum Gasteiger partial charge on any atom is -0.497 e. The van der Waals surface area contributed by atoms with E-state index in [0.717, 1.165) is 46.4 Å². The van der Waals surface area contributed by atoms with Crippen molar-refractivity contribution < 1.29 is 23.8 Å². The third-order valence-corrected chi connectivity index (χ3v) is 5.55. The van der Waals surface area contributed by atoms with Gasteiger partial charge in [0.2, 0.25) is 5.88 Å². The maximum atomic E-state index is 10.8. The number of rotatable bonds is 10. The fourth-order valence-corrected chi connectivity index (χ4v) is 3.89. The predicted octanol–water partition coefficient (Wildman–Crippen LogP) is 6.58.